The zero-order chi connectivity index (χ0) is 20.9. The second-order valence-corrected chi connectivity index (χ2v) is 8.36. The van der Waals surface area contributed by atoms with Gasteiger partial charge in [0.1, 0.15) is 5.01 Å². The molecule has 1 fully saturated rings. The van der Waals surface area contributed by atoms with Crippen LogP contribution in [0.3, 0.4) is 0 Å². The number of ketones is 1. The minimum atomic E-state index is -0.303. The van der Waals surface area contributed by atoms with Gasteiger partial charge in [-0.15, -0.1) is 11.3 Å². The van der Waals surface area contributed by atoms with E-state index in [1.807, 2.05) is 12.3 Å². The number of ether oxygens (including phenoxy) is 2. The van der Waals surface area contributed by atoms with Crippen molar-refractivity contribution >= 4 is 23.0 Å². The molecule has 1 aromatic carbocycles. The fourth-order valence-electron chi connectivity index (χ4n) is 3.69. The van der Waals surface area contributed by atoms with E-state index in [2.05, 4.69) is 10.3 Å². The molecule has 1 aliphatic rings. The molecule has 0 spiro atoms. The van der Waals surface area contributed by atoms with Gasteiger partial charge in [0.05, 0.1) is 19.3 Å². The fraction of sp³-hybridized carbons (Fsp3) is 0.500. The van der Waals surface area contributed by atoms with E-state index in [0.717, 1.165) is 36.4 Å². The highest BCUT2D eigenvalue weighted by Gasteiger charge is 2.39. The first-order valence-corrected chi connectivity index (χ1v) is 10.9. The summed E-state index contributed by atoms with van der Waals surface area (Å²) in [6, 6.07) is 5.12. The number of nitrogens with one attached hydrogen (secondary N) is 1. The molecular weight excluding hydrogens is 388 g/mol. The van der Waals surface area contributed by atoms with Gasteiger partial charge in [0.25, 0.3) is 0 Å². The summed E-state index contributed by atoms with van der Waals surface area (Å²) in [7, 11) is 1.54. The van der Waals surface area contributed by atoms with E-state index in [9.17, 15) is 9.59 Å². The lowest BCUT2D eigenvalue weighted by atomic mass is 9.98. The average molecular weight is 417 g/mol. The quantitative estimate of drug-likeness (QED) is 0.484. The topological polar surface area (TPSA) is 77.5 Å². The van der Waals surface area contributed by atoms with Crippen LogP contribution in [0.1, 0.15) is 66.5 Å². The highest BCUT2D eigenvalue weighted by atomic mass is 32.1. The summed E-state index contributed by atoms with van der Waals surface area (Å²) in [6.45, 7) is 3.89. The number of amides is 1. The number of nitrogens with zero attached hydrogens (tertiary/aromatic N) is 1. The monoisotopic (exact) mass is 416 g/mol. The van der Waals surface area contributed by atoms with Gasteiger partial charge in [-0.1, -0.05) is 12.8 Å². The van der Waals surface area contributed by atoms with Crippen molar-refractivity contribution < 1.29 is 19.1 Å². The van der Waals surface area contributed by atoms with E-state index >= 15 is 0 Å². The van der Waals surface area contributed by atoms with E-state index < -0.39 is 0 Å². The van der Waals surface area contributed by atoms with Crippen LogP contribution in [0.5, 0.6) is 11.5 Å². The van der Waals surface area contributed by atoms with E-state index in [0.29, 0.717) is 36.5 Å². The molecule has 1 aliphatic carbocycles. The van der Waals surface area contributed by atoms with Gasteiger partial charge in [0, 0.05) is 23.1 Å². The first kappa shape index (κ1) is 21.3. The molecule has 7 heteroatoms. The van der Waals surface area contributed by atoms with Crippen LogP contribution >= 0.6 is 11.3 Å². The van der Waals surface area contributed by atoms with Crippen LogP contribution in [0.15, 0.2) is 23.6 Å². The number of carbonyl (C=O) groups is 2. The maximum atomic E-state index is 12.6. The lowest BCUT2D eigenvalue weighted by Crippen LogP contribution is -2.43. The van der Waals surface area contributed by atoms with E-state index in [1.165, 1.54) is 6.92 Å². The van der Waals surface area contributed by atoms with Crippen molar-refractivity contribution in [2.75, 3.05) is 13.7 Å². The molecule has 1 heterocycles. The van der Waals surface area contributed by atoms with Gasteiger partial charge in [-0.25, -0.2) is 4.98 Å². The smallest absolute Gasteiger partial charge is 0.220 e. The van der Waals surface area contributed by atoms with Crippen LogP contribution in [0.2, 0.25) is 0 Å². The van der Waals surface area contributed by atoms with Gasteiger partial charge in [-0.05, 0) is 51.3 Å². The number of carbonyl (C=O) groups excluding carboxylic acids is 2. The van der Waals surface area contributed by atoms with Gasteiger partial charge in [0.15, 0.2) is 17.3 Å². The Morgan fingerprint density at radius 2 is 2.00 bits per heavy atom. The largest absolute Gasteiger partial charge is 0.493 e. The second kappa shape index (κ2) is 9.39. The summed E-state index contributed by atoms with van der Waals surface area (Å²) in [5, 5.41) is 6.32. The third-order valence-electron chi connectivity index (χ3n) is 5.24. The van der Waals surface area contributed by atoms with Gasteiger partial charge < -0.3 is 14.8 Å². The van der Waals surface area contributed by atoms with E-state index in [4.69, 9.17) is 9.47 Å². The lowest BCUT2D eigenvalue weighted by molar-refractivity contribution is -0.123. The first-order valence-electron chi connectivity index (χ1n) is 9.99. The summed E-state index contributed by atoms with van der Waals surface area (Å²) in [4.78, 5) is 28.7. The van der Waals surface area contributed by atoms with Crippen molar-refractivity contribution in [1.82, 2.24) is 10.3 Å². The summed E-state index contributed by atoms with van der Waals surface area (Å²) in [6.07, 6.45) is 5.09. The van der Waals surface area contributed by atoms with Crippen LogP contribution in [0.4, 0.5) is 0 Å². The van der Waals surface area contributed by atoms with Gasteiger partial charge in [0.2, 0.25) is 5.91 Å². The summed E-state index contributed by atoms with van der Waals surface area (Å²) in [5.74, 6) is 1.10. The maximum absolute atomic E-state index is 12.6. The van der Waals surface area contributed by atoms with Crippen molar-refractivity contribution in [2.24, 2.45) is 0 Å². The summed E-state index contributed by atoms with van der Waals surface area (Å²) in [5.41, 5.74) is 1.28. The molecule has 156 valence electrons. The molecule has 1 aromatic heterocycles. The van der Waals surface area contributed by atoms with Crippen molar-refractivity contribution in [3.63, 3.8) is 0 Å². The van der Waals surface area contributed by atoms with Crippen molar-refractivity contribution in [2.45, 2.75) is 57.9 Å². The van der Waals surface area contributed by atoms with Gasteiger partial charge >= 0.3 is 0 Å². The number of thiazole rings is 1. The molecule has 0 bridgehead atoms. The third kappa shape index (κ3) is 5.15. The standard InChI is InChI=1S/C22H28N2O4S/c1-15-14-29-21(23-15)22(10-4-5-11-22)24-20(26)7-6-12-28-18-9-8-17(16(2)25)13-19(18)27-3/h8-9,13-14H,4-7,10-12H2,1-3H3,(H,24,26). The van der Waals surface area contributed by atoms with Crippen molar-refractivity contribution in [3.8, 4) is 11.5 Å². The van der Waals surface area contributed by atoms with Crippen molar-refractivity contribution in [1.29, 1.82) is 0 Å². The number of Topliss-reactive ketones (excluding diaryl/α,β-unsaturated/α-hetero) is 1. The molecule has 0 unspecified atom stereocenters. The predicted octanol–water partition coefficient (Wildman–Crippen LogP) is 4.41. The summed E-state index contributed by atoms with van der Waals surface area (Å²) < 4.78 is 11.1. The minimum Gasteiger partial charge on any atom is -0.493 e. The molecule has 0 atom stereocenters. The molecule has 29 heavy (non-hydrogen) atoms. The minimum absolute atomic E-state index is 0.0252. The number of aryl methyl sites for hydroxylation is 1. The predicted molar refractivity (Wildman–Crippen MR) is 113 cm³/mol. The lowest BCUT2D eigenvalue weighted by Gasteiger charge is -2.28. The Morgan fingerprint density at radius 3 is 2.62 bits per heavy atom. The highest BCUT2D eigenvalue weighted by molar-refractivity contribution is 7.09. The van der Waals surface area contributed by atoms with E-state index in [1.54, 1.807) is 36.6 Å². The number of hydrogen-bond acceptors (Lipinski definition) is 6. The van der Waals surface area contributed by atoms with E-state index in [-0.39, 0.29) is 17.2 Å². The fourth-order valence-corrected chi connectivity index (χ4v) is 4.71. The molecule has 6 nitrogen and oxygen atoms in total. The Labute approximate surface area is 175 Å². The Morgan fingerprint density at radius 1 is 1.24 bits per heavy atom. The SMILES string of the molecule is COc1cc(C(C)=O)ccc1OCCCC(=O)NC1(c2nc(C)cs2)CCCC1. The molecule has 0 radical (unpaired) electrons. The third-order valence-corrected chi connectivity index (χ3v) is 6.40. The molecule has 1 N–H and O–H groups in total. The zero-order valence-corrected chi connectivity index (χ0v) is 18.1. The van der Waals surface area contributed by atoms with Crippen molar-refractivity contribution in [3.05, 3.63) is 39.8 Å². The molecular formula is C22H28N2O4S. The zero-order valence-electron chi connectivity index (χ0n) is 17.2. The number of rotatable bonds is 9. The number of methoxy groups -OCH3 is 1. The average Bonchev–Trinajstić information content (AvgIpc) is 3.35. The Kier molecular flexibility index (Phi) is 6.90. The highest BCUT2D eigenvalue weighted by Crippen LogP contribution is 2.40. The number of aromatic nitrogens is 1. The molecule has 1 amide bonds. The summed E-state index contributed by atoms with van der Waals surface area (Å²) >= 11 is 1.63. The van der Waals surface area contributed by atoms with Crippen LogP contribution in [-0.4, -0.2) is 30.4 Å². The van der Waals surface area contributed by atoms with Crippen LogP contribution in [0.25, 0.3) is 0 Å². The van der Waals surface area contributed by atoms with Gasteiger partial charge in [-0.3, -0.25) is 9.59 Å². The number of benzene rings is 1. The molecule has 0 saturated heterocycles. The Bertz CT molecular complexity index is 871. The molecule has 2 aromatic rings. The van der Waals surface area contributed by atoms with Crippen LogP contribution < -0.4 is 14.8 Å². The first-order chi connectivity index (χ1) is 13.9. The normalized spacial score (nSPS) is 15.1. The number of hydrogen-bond donors (Lipinski definition) is 1. The van der Waals surface area contributed by atoms with Crippen LogP contribution in [-0.2, 0) is 10.3 Å². The van der Waals surface area contributed by atoms with Crippen LogP contribution in [0, 0.1) is 6.92 Å². The Balaban J connectivity index is 1.52. The molecule has 3 rings (SSSR count). The molecule has 0 aliphatic heterocycles. The van der Waals surface area contributed by atoms with Gasteiger partial charge in [-0.2, -0.15) is 0 Å². The Hall–Kier alpha value is -2.41. The maximum Gasteiger partial charge on any atom is 0.220 e. The second-order valence-electron chi connectivity index (χ2n) is 7.51. The molecule has 1 saturated carbocycles.